The van der Waals surface area contributed by atoms with Gasteiger partial charge in [-0.15, -0.1) is 4.91 Å². The molecule has 0 spiro atoms. The summed E-state index contributed by atoms with van der Waals surface area (Å²) >= 11 is 0. The summed E-state index contributed by atoms with van der Waals surface area (Å²) in [5.41, 5.74) is 2.72. The largest absolute Gasteiger partial charge is 0.388 e. The van der Waals surface area contributed by atoms with Crippen molar-refractivity contribution in [3.63, 3.8) is 0 Å². The minimum atomic E-state index is -0.0947. The van der Waals surface area contributed by atoms with Crippen LogP contribution in [0.1, 0.15) is 12.8 Å². The van der Waals surface area contributed by atoms with Crippen LogP contribution in [0.3, 0.4) is 0 Å². The molecule has 2 aromatic carbocycles. The molecule has 0 atom stereocenters. The van der Waals surface area contributed by atoms with E-state index in [-0.39, 0.29) is 11.8 Å². The highest BCUT2D eigenvalue weighted by atomic mass is 33.1. The number of carbonyl (C=O) groups excluding carboxylic acids is 2. The number of nitrogens with zero attached hydrogens (tertiary/aromatic N) is 1. The monoisotopic (exact) mass is 418 g/mol. The average molecular weight is 419 g/mol. The highest BCUT2D eigenvalue weighted by Crippen LogP contribution is 2.23. The summed E-state index contributed by atoms with van der Waals surface area (Å²) in [7, 11) is 4.98. The normalized spacial score (nSPS) is 10.2. The molecule has 9 heteroatoms. The summed E-state index contributed by atoms with van der Waals surface area (Å²) < 4.78 is 0. The second kappa shape index (κ2) is 12.0. The first-order valence-electron chi connectivity index (χ1n) is 8.66. The zero-order valence-electron chi connectivity index (χ0n) is 15.4. The van der Waals surface area contributed by atoms with Crippen LogP contribution in [0.4, 0.5) is 22.7 Å². The number of rotatable bonds is 11. The maximum absolute atomic E-state index is 11.9. The summed E-state index contributed by atoms with van der Waals surface area (Å²) in [6.07, 6.45) is 0.782. The van der Waals surface area contributed by atoms with Crippen molar-refractivity contribution in [2.75, 3.05) is 34.5 Å². The molecule has 0 fully saturated rings. The Balaban J connectivity index is 1.54. The molecule has 0 saturated heterocycles. The molecule has 7 nitrogen and oxygen atoms in total. The zero-order valence-corrected chi connectivity index (χ0v) is 17.1. The lowest BCUT2D eigenvalue weighted by atomic mass is 10.2. The number of carbonyl (C=O) groups is 2. The summed E-state index contributed by atoms with van der Waals surface area (Å²) in [6, 6.07) is 13.9. The third-order valence-corrected chi connectivity index (χ3v) is 6.03. The first-order valence-corrected chi connectivity index (χ1v) is 11.1. The first-order chi connectivity index (χ1) is 13.6. The zero-order chi connectivity index (χ0) is 20.2. The maximum Gasteiger partial charge on any atom is 0.225 e. The molecule has 2 aromatic rings. The third kappa shape index (κ3) is 8.01. The van der Waals surface area contributed by atoms with Gasteiger partial charge in [-0.05, 0) is 53.7 Å². The topological polar surface area (TPSA) is 99.7 Å². The van der Waals surface area contributed by atoms with Crippen molar-refractivity contribution in [3.05, 3.63) is 53.4 Å². The van der Waals surface area contributed by atoms with Gasteiger partial charge in [-0.1, -0.05) is 21.6 Å². The molecule has 0 bridgehead atoms. The van der Waals surface area contributed by atoms with Crippen LogP contribution >= 0.6 is 21.6 Å². The molecular weight excluding hydrogens is 396 g/mol. The number of hydrogen-bond acceptors (Lipinski definition) is 7. The first kappa shape index (κ1) is 21.8. The molecule has 0 radical (unpaired) electrons. The standard InChI is InChI=1S/C19H22N4O3S2/c1-20-14-2-4-15(5-3-14)21-18(24)10-12-27-28-13-11-19(25)22-16-6-8-17(23-26)9-7-16/h2-9,20H,10-13H2,1H3,(H,21,24)(H,22,25). The second-order valence-corrected chi connectivity index (χ2v) is 8.41. The van der Waals surface area contributed by atoms with Gasteiger partial charge in [-0.2, -0.15) is 0 Å². The van der Waals surface area contributed by atoms with Crippen LogP contribution in [0.5, 0.6) is 0 Å². The van der Waals surface area contributed by atoms with Gasteiger partial charge in [0.1, 0.15) is 5.69 Å². The predicted molar refractivity (Wildman–Crippen MR) is 119 cm³/mol. The molecule has 148 valence electrons. The van der Waals surface area contributed by atoms with Crippen molar-refractivity contribution in [1.29, 1.82) is 0 Å². The van der Waals surface area contributed by atoms with E-state index in [0.29, 0.717) is 35.7 Å². The number of benzene rings is 2. The van der Waals surface area contributed by atoms with Crippen molar-refractivity contribution in [1.82, 2.24) is 0 Å². The van der Waals surface area contributed by atoms with E-state index in [9.17, 15) is 14.5 Å². The number of anilines is 3. The lowest BCUT2D eigenvalue weighted by Crippen LogP contribution is -2.12. The third-order valence-electron chi connectivity index (χ3n) is 3.62. The highest BCUT2D eigenvalue weighted by Gasteiger charge is 2.05. The smallest absolute Gasteiger partial charge is 0.225 e. The van der Waals surface area contributed by atoms with Gasteiger partial charge in [0, 0.05) is 48.5 Å². The van der Waals surface area contributed by atoms with Gasteiger partial charge in [-0.25, -0.2) is 0 Å². The Labute approximate surface area is 171 Å². The van der Waals surface area contributed by atoms with Crippen molar-refractivity contribution in [3.8, 4) is 0 Å². The van der Waals surface area contributed by atoms with E-state index < -0.39 is 0 Å². The van der Waals surface area contributed by atoms with E-state index in [0.717, 1.165) is 11.4 Å². The van der Waals surface area contributed by atoms with E-state index in [1.165, 1.54) is 0 Å². The molecular formula is C19H22N4O3S2. The maximum atomic E-state index is 11.9. The number of hydrogen-bond donors (Lipinski definition) is 3. The molecule has 28 heavy (non-hydrogen) atoms. The van der Waals surface area contributed by atoms with Gasteiger partial charge in [-0.3, -0.25) is 9.59 Å². The van der Waals surface area contributed by atoms with E-state index >= 15 is 0 Å². The van der Waals surface area contributed by atoms with Crippen molar-refractivity contribution >= 4 is 56.2 Å². The van der Waals surface area contributed by atoms with E-state index in [1.807, 2.05) is 31.3 Å². The van der Waals surface area contributed by atoms with Gasteiger partial charge >= 0.3 is 0 Å². The Morgan fingerprint density at radius 2 is 1.21 bits per heavy atom. The molecule has 0 saturated carbocycles. The van der Waals surface area contributed by atoms with Crippen LogP contribution in [-0.4, -0.2) is 30.4 Å². The summed E-state index contributed by atoms with van der Waals surface area (Å²) in [5.74, 6) is 1.20. The molecule has 0 unspecified atom stereocenters. The minimum Gasteiger partial charge on any atom is -0.388 e. The van der Waals surface area contributed by atoms with Gasteiger partial charge in [0.15, 0.2) is 0 Å². The van der Waals surface area contributed by atoms with Gasteiger partial charge in [0.25, 0.3) is 0 Å². The predicted octanol–water partition coefficient (Wildman–Crippen LogP) is 4.87. The molecule has 2 amide bonds. The molecule has 0 aliphatic carbocycles. The molecule has 0 aliphatic rings. The SMILES string of the molecule is CNc1ccc(NC(=O)CCSSCCC(=O)Nc2ccc(N=O)cc2)cc1. The Morgan fingerprint density at radius 1 is 0.786 bits per heavy atom. The lowest BCUT2D eigenvalue weighted by Gasteiger charge is -2.07. The van der Waals surface area contributed by atoms with Crippen molar-refractivity contribution < 1.29 is 9.59 Å². The quantitative estimate of drug-likeness (QED) is 0.274. The second-order valence-electron chi connectivity index (χ2n) is 5.71. The fourth-order valence-corrected chi connectivity index (χ4v) is 4.14. The Hall–Kier alpha value is -2.52. The minimum absolute atomic E-state index is 0.0312. The summed E-state index contributed by atoms with van der Waals surface area (Å²) in [6.45, 7) is 0. The molecule has 0 aliphatic heterocycles. The average Bonchev–Trinajstić information content (AvgIpc) is 2.71. The van der Waals surface area contributed by atoms with Crippen LogP contribution in [0.2, 0.25) is 0 Å². The number of amides is 2. The van der Waals surface area contributed by atoms with Crippen LogP contribution in [0.25, 0.3) is 0 Å². The Bertz CT molecular complexity index is 783. The van der Waals surface area contributed by atoms with Crippen LogP contribution in [0, 0.1) is 4.91 Å². The van der Waals surface area contributed by atoms with Gasteiger partial charge < -0.3 is 16.0 Å². The lowest BCUT2D eigenvalue weighted by molar-refractivity contribution is -0.116. The molecule has 0 heterocycles. The highest BCUT2D eigenvalue weighted by molar-refractivity contribution is 8.76. The fraction of sp³-hybridized carbons (Fsp3) is 0.263. The molecule has 3 N–H and O–H groups in total. The fourth-order valence-electron chi connectivity index (χ4n) is 2.16. The van der Waals surface area contributed by atoms with Crippen LogP contribution < -0.4 is 16.0 Å². The Morgan fingerprint density at radius 3 is 1.64 bits per heavy atom. The molecule has 0 aromatic heterocycles. The summed E-state index contributed by atoms with van der Waals surface area (Å²) in [4.78, 5) is 34.1. The van der Waals surface area contributed by atoms with Gasteiger partial charge in [0.05, 0.1) is 0 Å². The van der Waals surface area contributed by atoms with E-state index in [1.54, 1.807) is 45.9 Å². The van der Waals surface area contributed by atoms with Crippen molar-refractivity contribution in [2.45, 2.75) is 12.8 Å². The van der Waals surface area contributed by atoms with Gasteiger partial charge in [0.2, 0.25) is 11.8 Å². The summed E-state index contributed by atoms with van der Waals surface area (Å²) in [5, 5.41) is 11.5. The van der Waals surface area contributed by atoms with E-state index in [2.05, 4.69) is 21.1 Å². The van der Waals surface area contributed by atoms with Crippen molar-refractivity contribution in [2.24, 2.45) is 5.18 Å². The number of nitrogens with one attached hydrogen (secondary N) is 3. The number of nitroso groups, excluding NO2 is 1. The molecule has 2 rings (SSSR count). The van der Waals surface area contributed by atoms with Crippen LogP contribution in [-0.2, 0) is 9.59 Å². The Kier molecular flexibility index (Phi) is 9.36. The van der Waals surface area contributed by atoms with E-state index in [4.69, 9.17) is 0 Å². The van der Waals surface area contributed by atoms with Crippen LogP contribution in [0.15, 0.2) is 53.7 Å².